The lowest BCUT2D eigenvalue weighted by atomic mass is 10.2. The SMILES string of the molecule is Cc1cc(C(=O)OCc2nc(-c3cccnc3)no2)c(C)n1Cc1ccco1. The monoisotopic (exact) mass is 378 g/mol. The van der Waals surface area contributed by atoms with Crippen molar-refractivity contribution < 1.29 is 18.5 Å². The van der Waals surface area contributed by atoms with Crippen LogP contribution in [0.15, 0.2) is 57.9 Å². The van der Waals surface area contributed by atoms with Gasteiger partial charge in [0.2, 0.25) is 5.82 Å². The molecule has 28 heavy (non-hydrogen) atoms. The van der Waals surface area contributed by atoms with E-state index in [0.29, 0.717) is 17.9 Å². The van der Waals surface area contributed by atoms with Gasteiger partial charge in [0, 0.05) is 29.3 Å². The number of rotatable bonds is 6. The summed E-state index contributed by atoms with van der Waals surface area (Å²) in [6.07, 6.45) is 4.92. The third-order valence-corrected chi connectivity index (χ3v) is 4.40. The predicted molar refractivity (Wildman–Crippen MR) is 98.4 cm³/mol. The molecule has 0 amide bonds. The summed E-state index contributed by atoms with van der Waals surface area (Å²) in [4.78, 5) is 20.8. The maximum Gasteiger partial charge on any atom is 0.340 e. The third kappa shape index (κ3) is 3.57. The molecule has 8 heteroatoms. The van der Waals surface area contributed by atoms with Crippen LogP contribution in [0.3, 0.4) is 0 Å². The van der Waals surface area contributed by atoms with E-state index in [1.165, 1.54) is 0 Å². The Labute approximate surface area is 160 Å². The van der Waals surface area contributed by atoms with E-state index in [0.717, 1.165) is 22.7 Å². The van der Waals surface area contributed by atoms with E-state index in [1.54, 1.807) is 30.8 Å². The Hall–Kier alpha value is -3.68. The van der Waals surface area contributed by atoms with Gasteiger partial charge in [-0.15, -0.1) is 0 Å². The molecule has 0 radical (unpaired) electrons. The molecule has 0 N–H and O–H groups in total. The number of nitrogens with zero attached hydrogens (tertiary/aromatic N) is 4. The minimum Gasteiger partial charge on any atom is -0.467 e. The number of carbonyl (C=O) groups is 1. The van der Waals surface area contributed by atoms with E-state index in [2.05, 4.69) is 15.1 Å². The van der Waals surface area contributed by atoms with Crippen molar-refractivity contribution in [2.24, 2.45) is 0 Å². The highest BCUT2D eigenvalue weighted by Gasteiger charge is 2.19. The molecule has 0 aliphatic heterocycles. The molecular weight excluding hydrogens is 360 g/mol. The van der Waals surface area contributed by atoms with Crippen molar-refractivity contribution in [2.45, 2.75) is 27.0 Å². The van der Waals surface area contributed by atoms with Crippen LogP contribution in [0, 0.1) is 13.8 Å². The highest BCUT2D eigenvalue weighted by atomic mass is 16.6. The van der Waals surface area contributed by atoms with Gasteiger partial charge in [0.15, 0.2) is 6.61 Å². The van der Waals surface area contributed by atoms with Gasteiger partial charge in [-0.25, -0.2) is 4.79 Å². The van der Waals surface area contributed by atoms with Crippen LogP contribution in [0.25, 0.3) is 11.4 Å². The summed E-state index contributed by atoms with van der Waals surface area (Å²) in [7, 11) is 0. The van der Waals surface area contributed by atoms with Gasteiger partial charge in [-0.1, -0.05) is 5.16 Å². The van der Waals surface area contributed by atoms with E-state index in [9.17, 15) is 4.79 Å². The highest BCUT2D eigenvalue weighted by Crippen LogP contribution is 2.19. The van der Waals surface area contributed by atoms with Crippen LogP contribution >= 0.6 is 0 Å². The van der Waals surface area contributed by atoms with Gasteiger partial charge < -0.3 is 18.2 Å². The van der Waals surface area contributed by atoms with Gasteiger partial charge in [-0.3, -0.25) is 4.98 Å². The number of pyridine rings is 1. The number of hydrogen-bond donors (Lipinski definition) is 0. The van der Waals surface area contributed by atoms with Crippen molar-refractivity contribution in [1.29, 1.82) is 0 Å². The molecule has 0 aliphatic carbocycles. The highest BCUT2D eigenvalue weighted by molar-refractivity contribution is 5.91. The maximum absolute atomic E-state index is 12.5. The first-order chi connectivity index (χ1) is 13.6. The van der Waals surface area contributed by atoms with Crippen LogP contribution in [-0.4, -0.2) is 25.7 Å². The number of furan rings is 1. The summed E-state index contributed by atoms with van der Waals surface area (Å²) in [5.41, 5.74) is 2.97. The zero-order chi connectivity index (χ0) is 19.5. The number of hydrogen-bond acceptors (Lipinski definition) is 7. The molecular formula is C20H18N4O4. The molecule has 0 saturated heterocycles. The fourth-order valence-electron chi connectivity index (χ4n) is 2.94. The van der Waals surface area contributed by atoms with E-state index < -0.39 is 5.97 Å². The summed E-state index contributed by atoms with van der Waals surface area (Å²) in [5, 5.41) is 3.88. The second-order valence-corrected chi connectivity index (χ2v) is 6.28. The van der Waals surface area contributed by atoms with E-state index in [4.69, 9.17) is 13.7 Å². The Morgan fingerprint density at radius 2 is 2.14 bits per heavy atom. The van der Waals surface area contributed by atoms with Crippen LogP contribution in [0.4, 0.5) is 0 Å². The molecule has 0 atom stereocenters. The lowest BCUT2D eigenvalue weighted by molar-refractivity contribution is 0.0429. The number of ether oxygens (including phenoxy) is 1. The minimum absolute atomic E-state index is 0.103. The van der Waals surface area contributed by atoms with Crippen molar-refractivity contribution in [3.8, 4) is 11.4 Å². The molecule has 142 valence electrons. The molecule has 0 aromatic carbocycles. The number of aromatic nitrogens is 4. The van der Waals surface area contributed by atoms with Crippen molar-refractivity contribution in [2.75, 3.05) is 0 Å². The standard InChI is InChI=1S/C20H18N4O4/c1-13-9-17(14(2)24(13)11-16-6-4-8-26-16)20(25)27-12-18-22-19(23-28-18)15-5-3-7-21-10-15/h3-10H,11-12H2,1-2H3. The Kier molecular flexibility index (Phi) is 4.76. The van der Waals surface area contributed by atoms with E-state index in [-0.39, 0.29) is 12.5 Å². The molecule has 4 aromatic heterocycles. The minimum atomic E-state index is -0.445. The summed E-state index contributed by atoms with van der Waals surface area (Å²) in [6.45, 7) is 4.26. The molecule has 4 rings (SSSR count). The topological polar surface area (TPSA) is 96.2 Å². The summed E-state index contributed by atoms with van der Waals surface area (Å²) in [6, 6.07) is 9.13. The first-order valence-electron chi connectivity index (χ1n) is 8.71. The first-order valence-corrected chi connectivity index (χ1v) is 8.71. The van der Waals surface area contributed by atoms with Gasteiger partial charge in [0.1, 0.15) is 5.76 Å². The zero-order valence-electron chi connectivity index (χ0n) is 15.5. The smallest absolute Gasteiger partial charge is 0.340 e. The van der Waals surface area contributed by atoms with E-state index >= 15 is 0 Å². The molecule has 0 aliphatic rings. The first kappa shape index (κ1) is 17.7. The second-order valence-electron chi connectivity index (χ2n) is 6.28. The lowest BCUT2D eigenvalue weighted by Gasteiger charge is -2.07. The zero-order valence-corrected chi connectivity index (χ0v) is 15.5. The molecule has 8 nitrogen and oxygen atoms in total. The van der Waals surface area contributed by atoms with Gasteiger partial charge in [-0.05, 0) is 44.2 Å². The van der Waals surface area contributed by atoms with Gasteiger partial charge in [0.05, 0.1) is 18.4 Å². The van der Waals surface area contributed by atoms with Crippen LogP contribution in [0.5, 0.6) is 0 Å². The normalized spacial score (nSPS) is 10.9. The van der Waals surface area contributed by atoms with Gasteiger partial charge >= 0.3 is 5.97 Å². The summed E-state index contributed by atoms with van der Waals surface area (Å²) in [5.74, 6) is 0.989. The fraction of sp³-hybridized carbons (Fsp3) is 0.200. The maximum atomic E-state index is 12.5. The Balaban J connectivity index is 1.44. The van der Waals surface area contributed by atoms with Crippen molar-refractivity contribution in [3.05, 3.63) is 77.6 Å². The predicted octanol–water partition coefficient (Wildman–Crippen LogP) is 3.55. The van der Waals surface area contributed by atoms with Crippen LogP contribution < -0.4 is 0 Å². The second kappa shape index (κ2) is 7.51. The number of aryl methyl sites for hydroxylation is 1. The number of carbonyl (C=O) groups excluding carboxylic acids is 1. The van der Waals surface area contributed by atoms with E-state index in [1.807, 2.05) is 36.6 Å². The summed E-state index contributed by atoms with van der Waals surface area (Å²) < 4.78 is 17.9. The van der Waals surface area contributed by atoms with Gasteiger partial charge in [-0.2, -0.15) is 4.98 Å². The molecule has 0 fully saturated rings. The molecule has 0 bridgehead atoms. The molecule has 4 aromatic rings. The van der Waals surface area contributed by atoms with Crippen molar-refractivity contribution in [3.63, 3.8) is 0 Å². The summed E-state index contributed by atoms with van der Waals surface area (Å²) >= 11 is 0. The quantitative estimate of drug-likeness (QED) is 0.473. The number of esters is 1. The van der Waals surface area contributed by atoms with Crippen LogP contribution in [0.1, 0.15) is 33.4 Å². The molecule has 4 heterocycles. The van der Waals surface area contributed by atoms with Crippen LogP contribution in [0.2, 0.25) is 0 Å². The van der Waals surface area contributed by atoms with Crippen LogP contribution in [-0.2, 0) is 17.9 Å². The fourth-order valence-corrected chi connectivity index (χ4v) is 2.94. The van der Waals surface area contributed by atoms with Crippen molar-refractivity contribution in [1.82, 2.24) is 19.7 Å². The average Bonchev–Trinajstić information content (AvgIpc) is 3.45. The molecule has 0 spiro atoms. The lowest BCUT2D eigenvalue weighted by Crippen LogP contribution is -2.08. The Morgan fingerprint density at radius 3 is 2.89 bits per heavy atom. The molecule has 0 unspecified atom stereocenters. The molecule has 0 saturated carbocycles. The third-order valence-electron chi connectivity index (χ3n) is 4.40. The Morgan fingerprint density at radius 1 is 1.25 bits per heavy atom. The Bertz CT molecular complexity index is 1080. The average molecular weight is 378 g/mol. The van der Waals surface area contributed by atoms with Crippen molar-refractivity contribution >= 4 is 5.97 Å². The largest absolute Gasteiger partial charge is 0.467 e. The van der Waals surface area contributed by atoms with Gasteiger partial charge in [0.25, 0.3) is 5.89 Å².